The van der Waals surface area contributed by atoms with Crippen molar-refractivity contribution in [1.82, 2.24) is 0 Å². The van der Waals surface area contributed by atoms with E-state index in [-0.39, 0.29) is 0 Å². The average molecular weight is 247 g/mol. The van der Waals surface area contributed by atoms with Crippen molar-refractivity contribution in [2.45, 2.75) is 0 Å². The molecule has 0 fully saturated rings. The van der Waals surface area contributed by atoms with Gasteiger partial charge in [-0.2, -0.15) is 4.31 Å². The Kier molecular flexibility index (Phi) is 6.81. The summed E-state index contributed by atoms with van der Waals surface area (Å²) in [5.41, 5.74) is 0. The second-order valence-corrected chi connectivity index (χ2v) is 3.56. The number of halogens is 1. The van der Waals surface area contributed by atoms with Gasteiger partial charge in [-0.1, -0.05) is 0 Å². The van der Waals surface area contributed by atoms with Crippen LogP contribution in [0.3, 0.4) is 0 Å². The van der Waals surface area contributed by atoms with Crippen LogP contribution < -0.4 is 0 Å². The van der Waals surface area contributed by atoms with Crippen LogP contribution >= 0.6 is 15.7 Å². The molecule has 11 heteroatoms. The Bertz CT molecular complexity index is 169. The third-order valence-electron chi connectivity index (χ3n) is 0.207. The Morgan fingerprint density at radius 3 is 1.45 bits per heavy atom. The van der Waals surface area contributed by atoms with E-state index in [0.29, 0.717) is 0 Å². The summed E-state index contributed by atoms with van der Waals surface area (Å²) in [6.45, 7) is 0. The van der Waals surface area contributed by atoms with Gasteiger partial charge in [-0.25, -0.2) is 9.13 Å². The van der Waals surface area contributed by atoms with E-state index in [1.54, 1.807) is 0 Å². The van der Waals surface area contributed by atoms with Gasteiger partial charge in [0.15, 0.2) is 0 Å². The molecule has 3 N–H and O–H groups in total. The van der Waals surface area contributed by atoms with Crippen molar-refractivity contribution in [3.63, 3.8) is 0 Å². The average Bonchev–Trinajstić information content (AvgIpc) is 1.60. The Morgan fingerprint density at radius 2 is 1.45 bits per heavy atom. The molecule has 0 spiro atoms. The second kappa shape index (κ2) is 5.29. The van der Waals surface area contributed by atoms with Crippen LogP contribution in [-0.4, -0.2) is 14.7 Å². The maximum atomic E-state index is 11.3. The fourth-order valence-electron chi connectivity index (χ4n) is 0.131. The summed E-state index contributed by atoms with van der Waals surface area (Å²) in [7, 11) is -10.7. The van der Waals surface area contributed by atoms with E-state index in [0.717, 1.165) is 17.4 Å². The number of hydrogen-bond donors (Lipinski definition) is 3. The fourth-order valence-corrected chi connectivity index (χ4v) is 1.18. The summed E-state index contributed by atoms with van der Waals surface area (Å²) in [4.78, 5) is 22.9. The molecule has 7 nitrogen and oxygen atoms in total. The standard InChI is InChI=1S/FH3O6P2.O.V/c1-8(2,3)7-9(4,5)6;;/h(H,2,3)(H2,4,5,6);;. The summed E-state index contributed by atoms with van der Waals surface area (Å²) in [6, 6.07) is 0. The van der Waals surface area contributed by atoms with Gasteiger partial charge in [0.1, 0.15) is 0 Å². The van der Waals surface area contributed by atoms with E-state index in [4.69, 9.17) is 18.4 Å². The summed E-state index contributed by atoms with van der Waals surface area (Å²) < 4.78 is 41.2. The van der Waals surface area contributed by atoms with Gasteiger partial charge in [-0.3, -0.25) is 4.89 Å². The van der Waals surface area contributed by atoms with Crippen LogP contribution in [0.2, 0.25) is 0 Å². The first-order valence-corrected chi connectivity index (χ1v) is 5.25. The van der Waals surface area contributed by atoms with Gasteiger partial charge in [0, 0.05) is 0 Å². The van der Waals surface area contributed by atoms with Crippen LogP contribution in [0.4, 0.5) is 4.20 Å². The molecule has 0 saturated heterocycles. The minimum absolute atomic E-state index is 1.06. The van der Waals surface area contributed by atoms with Gasteiger partial charge >= 0.3 is 36.8 Å². The van der Waals surface area contributed by atoms with Crippen molar-refractivity contribution in [2.24, 2.45) is 0 Å². The predicted octanol–water partition coefficient (Wildman–Crippen LogP) is 0.0443. The Hall–Kier alpha value is 0.614. The molecule has 1 atom stereocenters. The molecule has 0 rings (SSSR count). The normalized spacial score (nSPS) is 15.9. The van der Waals surface area contributed by atoms with E-state index in [2.05, 4.69) is 4.31 Å². The molecule has 0 bridgehead atoms. The Balaban J connectivity index is 0. The zero-order valence-electron chi connectivity index (χ0n) is 4.69. The van der Waals surface area contributed by atoms with Crippen molar-refractivity contribution in [1.29, 1.82) is 0 Å². The van der Waals surface area contributed by atoms with E-state index >= 15 is 0 Å². The molecule has 0 aromatic carbocycles. The summed E-state index contributed by atoms with van der Waals surface area (Å²) in [5, 5.41) is 0. The molecule has 67 valence electrons. The van der Waals surface area contributed by atoms with Gasteiger partial charge in [-0.15, -0.1) is 4.20 Å². The van der Waals surface area contributed by atoms with Crippen molar-refractivity contribution >= 4 is 15.7 Å². The zero-order chi connectivity index (χ0) is 9.71. The minimum atomic E-state index is -5.55. The molecule has 0 radical (unpaired) electrons. The first kappa shape index (κ1) is 14.2. The van der Waals surface area contributed by atoms with E-state index in [1.165, 1.54) is 0 Å². The van der Waals surface area contributed by atoms with Crippen molar-refractivity contribution in [3.05, 3.63) is 0 Å². The molecule has 11 heavy (non-hydrogen) atoms. The summed E-state index contributed by atoms with van der Waals surface area (Å²) in [5.74, 6) is 0. The van der Waals surface area contributed by atoms with Crippen molar-refractivity contribution < 1.29 is 53.4 Å². The van der Waals surface area contributed by atoms with Crippen LogP contribution in [-0.2, 0) is 34.5 Å². The first-order chi connectivity index (χ1) is 4.71. The molecule has 0 aliphatic carbocycles. The van der Waals surface area contributed by atoms with Crippen LogP contribution in [0.5, 0.6) is 0 Å². The number of phosphoric acid groups is 1. The SMILES string of the molecule is O=P(O)(O)OP(=O)(O)F.[O]=[V]. The molecular weight excluding hydrogens is 244 g/mol. The number of hydrogen-bond acceptors (Lipinski definition) is 4. The van der Waals surface area contributed by atoms with E-state index < -0.39 is 15.7 Å². The molecule has 0 aliphatic rings. The van der Waals surface area contributed by atoms with Gasteiger partial charge in [-0.05, 0) is 0 Å². The van der Waals surface area contributed by atoms with Crippen LogP contribution in [0.1, 0.15) is 0 Å². The molecular formula is H3FO7P2V. The van der Waals surface area contributed by atoms with Crippen LogP contribution in [0.25, 0.3) is 0 Å². The molecule has 1 unspecified atom stereocenters. The van der Waals surface area contributed by atoms with E-state index in [1.807, 2.05) is 0 Å². The van der Waals surface area contributed by atoms with Gasteiger partial charge in [0.05, 0.1) is 0 Å². The quantitative estimate of drug-likeness (QED) is 0.589. The second-order valence-electron chi connectivity index (χ2n) is 1.02. The zero-order valence-corrected chi connectivity index (χ0v) is 7.88. The van der Waals surface area contributed by atoms with Gasteiger partial charge in [0.2, 0.25) is 0 Å². The topological polar surface area (TPSA) is 121 Å². The first-order valence-electron chi connectivity index (χ1n) is 1.68. The molecule has 0 aliphatic heterocycles. The maximum absolute atomic E-state index is 11.3. The van der Waals surface area contributed by atoms with Gasteiger partial charge < -0.3 is 9.79 Å². The number of rotatable bonds is 2. The van der Waals surface area contributed by atoms with Gasteiger partial charge in [0.25, 0.3) is 0 Å². The van der Waals surface area contributed by atoms with E-state index in [9.17, 15) is 13.3 Å². The van der Waals surface area contributed by atoms with Crippen molar-refractivity contribution in [3.8, 4) is 0 Å². The molecule has 0 saturated carbocycles. The fraction of sp³-hybridized carbons (Fsp3) is 0. The molecule has 0 amide bonds. The van der Waals surface area contributed by atoms with Crippen LogP contribution in [0.15, 0.2) is 0 Å². The molecule has 0 aromatic heterocycles. The third-order valence-corrected chi connectivity index (χ3v) is 1.86. The predicted molar refractivity (Wildman–Crippen MR) is 24.7 cm³/mol. The Labute approximate surface area is 69.7 Å². The van der Waals surface area contributed by atoms with Crippen LogP contribution in [0, 0.1) is 0 Å². The third kappa shape index (κ3) is 18.0. The Morgan fingerprint density at radius 1 is 1.18 bits per heavy atom. The molecule has 0 heterocycles. The molecule has 0 aromatic rings. The summed E-state index contributed by atoms with van der Waals surface area (Å²) in [6.07, 6.45) is 0. The monoisotopic (exact) mass is 247 g/mol. The summed E-state index contributed by atoms with van der Waals surface area (Å²) >= 11 is 1.06. The van der Waals surface area contributed by atoms with Crippen molar-refractivity contribution in [2.75, 3.05) is 0 Å².